The van der Waals surface area contributed by atoms with Crippen molar-refractivity contribution in [2.45, 2.75) is 13.5 Å². The van der Waals surface area contributed by atoms with Gasteiger partial charge in [0.25, 0.3) is 11.5 Å². The van der Waals surface area contributed by atoms with Crippen molar-refractivity contribution < 1.29 is 14.3 Å². The molecule has 8 nitrogen and oxygen atoms in total. The molecular formula is C16H13ClN4O4S. The lowest BCUT2D eigenvalue weighted by molar-refractivity contribution is -0.143. The molecule has 0 aliphatic rings. The van der Waals surface area contributed by atoms with Crippen molar-refractivity contribution >= 4 is 39.8 Å². The van der Waals surface area contributed by atoms with Crippen molar-refractivity contribution in [1.82, 2.24) is 19.9 Å². The Labute approximate surface area is 156 Å². The minimum atomic E-state index is -0.659. The second-order valence-electron chi connectivity index (χ2n) is 5.22. The Morgan fingerprint density at radius 1 is 1.35 bits per heavy atom. The number of benzene rings is 1. The van der Waals surface area contributed by atoms with E-state index in [1.807, 2.05) is 0 Å². The number of nitrogens with one attached hydrogen (secondary N) is 1. The molecule has 0 aliphatic carbocycles. The fraction of sp³-hybridized carbons (Fsp3) is 0.188. The molecule has 0 saturated heterocycles. The number of esters is 1. The quantitative estimate of drug-likeness (QED) is 0.661. The fourth-order valence-electron chi connectivity index (χ4n) is 2.12. The standard InChI is InChI=1S/C16H13ClN4O4S/c1-9-20-21-13(22)6-10(19-16(21)26-9)8-25-14(23)7-18-15(24)11-4-2-3-5-12(11)17/h2-6H,7-8H2,1H3,(H,18,24). The van der Waals surface area contributed by atoms with Gasteiger partial charge in [-0.15, -0.1) is 0 Å². The third-order valence-electron chi connectivity index (χ3n) is 3.29. The van der Waals surface area contributed by atoms with Crippen molar-refractivity contribution in [1.29, 1.82) is 0 Å². The van der Waals surface area contributed by atoms with E-state index in [0.29, 0.717) is 15.7 Å². The van der Waals surface area contributed by atoms with E-state index >= 15 is 0 Å². The van der Waals surface area contributed by atoms with Crippen LogP contribution in [0.2, 0.25) is 5.02 Å². The van der Waals surface area contributed by atoms with Gasteiger partial charge in [0.2, 0.25) is 4.96 Å². The van der Waals surface area contributed by atoms with E-state index in [0.717, 1.165) is 0 Å². The van der Waals surface area contributed by atoms with Gasteiger partial charge < -0.3 is 10.1 Å². The van der Waals surface area contributed by atoms with Crippen LogP contribution in [0.5, 0.6) is 0 Å². The number of carbonyl (C=O) groups is 2. The monoisotopic (exact) mass is 392 g/mol. The highest BCUT2D eigenvalue weighted by Gasteiger charge is 2.13. The molecule has 134 valence electrons. The smallest absolute Gasteiger partial charge is 0.325 e. The zero-order chi connectivity index (χ0) is 18.7. The molecule has 1 N–H and O–H groups in total. The van der Waals surface area contributed by atoms with Crippen LogP contribution in [0, 0.1) is 6.92 Å². The van der Waals surface area contributed by atoms with E-state index in [4.69, 9.17) is 16.3 Å². The molecule has 3 rings (SSSR count). The molecule has 0 atom stereocenters. The van der Waals surface area contributed by atoms with Crippen LogP contribution in [-0.2, 0) is 16.1 Å². The Balaban J connectivity index is 1.57. The van der Waals surface area contributed by atoms with E-state index in [1.54, 1.807) is 31.2 Å². The summed E-state index contributed by atoms with van der Waals surface area (Å²) in [5.74, 6) is -1.14. The molecule has 2 aromatic heterocycles. The van der Waals surface area contributed by atoms with E-state index in [-0.39, 0.29) is 29.3 Å². The first-order valence-corrected chi connectivity index (χ1v) is 8.68. The lowest BCUT2D eigenvalue weighted by atomic mass is 10.2. The van der Waals surface area contributed by atoms with Crippen LogP contribution < -0.4 is 10.9 Å². The summed E-state index contributed by atoms with van der Waals surface area (Å²) in [5, 5.41) is 7.44. The van der Waals surface area contributed by atoms with Crippen LogP contribution in [0.1, 0.15) is 21.1 Å². The second-order valence-corrected chi connectivity index (χ2v) is 6.79. The molecular weight excluding hydrogens is 380 g/mol. The first-order valence-electron chi connectivity index (χ1n) is 7.49. The third kappa shape index (κ3) is 4.06. The summed E-state index contributed by atoms with van der Waals surface area (Å²) in [6, 6.07) is 7.75. The van der Waals surface area contributed by atoms with Crippen LogP contribution in [-0.4, -0.2) is 33.0 Å². The number of hydrogen-bond donors (Lipinski definition) is 1. The number of amides is 1. The second kappa shape index (κ2) is 7.63. The molecule has 0 bridgehead atoms. The average molecular weight is 393 g/mol. The Hall–Kier alpha value is -2.78. The lowest BCUT2D eigenvalue weighted by Gasteiger charge is -2.07. The Morgan fingerprint density at radius 2 is 2.12 bits per heavy atom. The number of aryl methyl sites for hydroxylation is 1. The maximum atomic E-state index is 12.0. The number of ether oxygens (including phenoxy) is 1. The average Bonchev–Trinajstić information content (AvgIpc) is 2.99. The molecule has 0 saturated carbocycles. The summed E-state index contributed by atoms with van der Waals surface area (Å²) in [5.41, 5.74) is 0.226. The van der Waals surface area contributed by atoms with Crippen molar-refractivity contribution in [2.75, 3.05) is 6.54 Å². The van der Waals surface area contributed by atoms with Gasteiger partial charge in [0, 0.05) is 6.07 Å². The number of halogens is 1. The van der Waals surface area contributed by atoms with Crippen molar-refractivity contribution in [2.24, 2.45) is 0 Å². The van der Waals surface area contributed by atoms with Gasteiger partial charge in [-0.25, -0.2) is 4.98 Å². The topological polar surface area (TPSA) is 103 Å². The zero-order valence-electron chi connectivity index (χ0n) is 13.6. The largest absolute Gasteiger partial charge is 0.458 e. The van der Waals surface area contributed by atoms with Crippen LogP contribution in [0.25, 0.3) is 4.96 Å². The number of hydrogen-bond acceptors (Lipinski definition) is 7. The van der Waals surface area contributed by atoms with Crippen molar-refractivity contribution in [3.05, 3.63) is 62.0 Å². The van der Waals surface area contributed by atoms with Crippen LogP contribution in [0.4, 0.5) is 0 Å². The summed E-state index contributed by atoms with van der Waals surface area (Å²) in [6.45, 7) is 1.26. The third-order valence-corrected chi connectivity index (χ3v) is 4.45. The lowest BCUT2D eigenvalue weighted by Crippen LogP contribution is -2.30. The molecule has 10 heteroatoms. The molecule has 3 aromatic rings. The maximum Gasteiger partial charge on any atom is 0.325 e. The number of carbonyl (C=O) groups excluding carboxylic acids is 2. The predicted octanol–water partition coefficient (Wildman–Crippen LogP) is 1.59. The van der Waals surface area contributed by atoms with E-state index in [2.05, 4.69) is 15.4 Å². The predicted molar refractivity (Wildman–Crippen MR) is 95.5 cm³/mol. The summed E-state index contributed by atoms with van der Waals surface area (Å²) in [7, 11) is 0. The molecule has 26 heavy (non-hydrogen) atoms. The van der Waals surface area contributed by atoms with Gasteiger partial charge in [0.05, 0.1) is 16.3 Å². The number of nitrogens with zero attached hydrogens (tertiary/aromatic N) is 3. The molecule has 0 aliphatic heterocycles. The summed E-state index contributed by atoms with van der Waals surface area (Å²) >= 11 is 7.18. The Bertz CT molecular complexity index is 1050. The zero-order valence-corrected chi connectivity index (χ0v) is 15.1. The van der Waals surface area contributed by atoms with E-state index < -0.39 is 11.9 Å². The summed E-state index contributed by atoms with van der Waals surface area (Å²) in [6.07, 6.45) is 0. The molecule has 1 aromatic carbocycles. The Morgan fingerprint density at radius 3 is 2.88 bits per heavy atom. The van der Waals surface area contributed by atoms with E-state index in [9.17, 15) is 14.4 Å². The first-order chi connectivity index (χ1) is 12.4. The highest BCUT2D eigenvalue weighted by atomic mass is 35.5. The number of aromatic nitrogens is 3. The van der Waals surface area contributed by atoms with Gasteiger partial charge in [-0.1, -0.05) is 35.1 Å². The minimum absolute atomic E-state index is 0.177. The molecule has 0 spiro atoms. The van der Waals surface area contributed by atoms with Gasteiger partial charge in [-0.2, -0.15) is 9.61 Å². The number of fused-ring (bicyclic) bond motifs is 1. The highest BCUT2D eigenvalue weighted by Crippen LogP contribution is 2.14. The van der Waals surface area contributed by atoms with Gasteiger partial charge in [0.15, 0.2) is 0 Å². The highest BCUT2D eigenvalue weighted by molar-refractivity contribution is 7.16. The first kappa shape index (κ1) is 18.0. The molecule has 0 fully saturated rings. The minimum Gasteiger partial charge on any atom is -0.458 e. The molecule has 0 radical (unpaired) electrons. The number of rotatable bonds is 5. The molecule has 2 heterocycles. The van der Waals surface area contributed by atoms with Gasteiger partial charge in [-0.05, 0) is 19.1 Å². The van der Waals surface area contributed by atoms with Gasteiger partial charge in [-0.3, -0.25) is 14.4 Å². The van der Waals surface area contributed by atoms with E-state index in [1.165, 1.54) is 21.9 Å². The van der Waals surface area contributed by atoms with Gasteiger partial charge in [0.1, 0.15) is 18.2 Å². The summed E-state index contributed by atoms with van der Waals surface area (Å²) in [4.78, 5) is 40.3. The van der Waals surface area contributed by atoms with Crippen molar-refractivity contribution in [3.63, 3.8) is 0 Å². The Kier molecular flexibility index (Phi) is 5.29. The van der Waals surface area contributed by atoms with Crippen LogP contribution in [0.3, 0.4) is 0 Å². The van der Waals surface area contributed by atoms with Gasteiger partial charge >= 0.3 is 5.97 Å². The molecule has 1 amide bonds. The molecule has 0 unspecified atom stereocenters. The fourth-order valence-corrected chi connectivity index (χ4v) is 3.11. The van der Waals surface area contributed by atoms with Crippen LogP contribution >= 0.6 is 22.9 Å². The normalized spacial score (nSPS) is 10.7. The van der Waals surface area contributed by atoms with Crippen molar-refractivity contribution in [3.8, 4) is 0 Å². The maximum absolute atomic E-state index is 12.0. The van der Waals surface area contributed by atoms with Crippen LogP contribution in [0.15, 0.2) is 35.1 Å². The SMILES string of the molecule is Cc1nn2c(=O)cc(COC(=O)CNC(=O)c3ccccc3Cl)nc2s1. The summed E-state index contributed by atoms with van der Waals surface area (Å²) < 4.78 is 6.23.